The number of anilines is 2. The predicted molar refractivity (Wildman–Crippen MR) is 116 cm³/mol. The number of fused-ring (bicyclic) bond motifs is 1. The monoisotopic (exact) mass is 438 g/mol. The molecule has 2 aliphatic rings. The van der Waals surface area contributed by atoms with Gasteiger partial charge in [0.25, 0.3) is 5.91 Å². The zero-order chi connectivity index (χ0) is 21.5. The highest BCUT2D eigenvalue weighted by Gasteiger charge is 2.26. The molecule has 3 aromatic rings. The number of halogens is 1. The Morgan fingerprint density at radius 1 is 1.26 bits per heavy atom. The molecule has 0 unspecified atom stereocenters. The lowest BCUT2D eigenvalue weighted by molar-refractivity contribution is -0.115. The molecule has 0 radical (unpaired) electrons. The summed E-state index contributed by atoms with van der Waals surface area (Å²) in [5.74, 6) is 0.462. The van der Waals surface area contributed by atoms with Gasteiger partial charge in [-0.3, -0.25) is 10.1 Å². The van der Waals surface area contributed by atoms with E-state index in [9.17, 15) is 9.59 Å². The van der Waals surface area contributed by atoms with Crippen LogP contribution in [0.15, 0.2) is 36.2 Å². The number of aromatic nitrogens is 4. The average Bonchev–Trinajstić information content (AvgIpc) is 3.37. The van der Waals surface area contributed by atoms with E-state index in [2.05, 4.69) is 36.3 Å². The summed E-state index contributed by atoms with van der Waals surface area (Å²) in [6, 6.07) is 7.26. The van der Waals surface area contributed by atoms with Crippen LogP contribution in [0.1, 0.15) is 36.9 Å². The van der Waals surface area contributed by atoms with Crippen molar-refractivity contribution in [1.82, 2.24) is 30.2 Å². The summed E-state index contributed by atoms with van der Waals surface area (Å²) in [5.41, 5.74) is 2.21. The van der Waals surface area contributed by atoms with Gasteiger partial charge in [0.15, 0.2) is 5.65 Å². The van der Waals surface area contributed by atoms with E-state index >= 15 is 0 Å². The number of hydrogen-bond donors (Lipinski definition) is 4. The Labute approximate surface area is 182 Å². The standard InChI is InChI=1S/C20H19ClN8O2/c1-10(11-3-2-4-13(21)7-11)23-18-26-16-12(8-15-17(30)27-20(31)25-15)9-22-29(16)19(28-18)24-14-5-6-14/h2-4,7-10,14H,5-6H2,1H3,(H2,23,24,26,28)(H2,25,27,30,31)/b15-8-/t10-/m1/s1. The van der Waals surface area contributed by atoms with E-state index < -0.39 is 11.9 Å². The molecular weight excluding hydrogens is 420 g/mol. The van der Waals surface area contributed by atoms with E-state index in [0.29, 0.717) is 34.2 Å². The lowest BCUT2D eigenvalue weighted by atomic mass is 10.1. The third kappa shape index (κ3) is 4.02. The van der Waals surface area contributed by atoms with E-state index in [1.807, 2.05) is 31.2 Å². The summed E-state index contributed by atoms with van der Waals surface area (Å²) in [5, 5.41) is 16.3. The highest BCUT2D eigenvalue weighted by molar-refractivity contribution is 6.30. The SMILES string of the molecule is C[C@@H](Nc1nc(NC2CC2)n2ncc(/C=C3\NC(=O)NC3=O)c2n1)c1cccc(Cl)c1. The van der Waals surface area contributed by atoms with Crippen molar-refractivity contribution in [2.45, 2.75) is 31.8 Å². The van der Waals surface area contributed by atoms with Crippen molar-refractivity contribution in [1.29, 1.82) is 0 Å². The summed E-state index contributed by atoms with van der Waals surface area (Å²) in [7, 11) is 0. The fourth-order valence-corrected chi connectivity index (χ4v) is 3.45. The summed E-state index contributed by atoms with van der Waals surface area (Å²) in [4.78, 5) is 32.5. The van der Waals surface area contributed by atoms with Crippen LogP contribution in [0.2, 0.25) is 5.02 Å². The van der Waals surface area contributed by atoms with E-state index in [0.717, 1.165) is 18.4 Å². The number of carbonyl (C=O) groups is 2. The third-order valence-electron chi connectivity index (χ3n) is 5.02. The molecule has 10 nitrogen and oxygen atoms in total. The number of carbonyl (C=O) groups excluding carboxylic acids is 2. The highest BCUT2D eigenvalue weighted by atomic mass is 35.5. The molecule has 0 bridgehead atoms. The number of amides is 3. The number of nitrogens with zero attached hydrogens (tertiary/aromatic N) is 4. The molecule has 2 aromatic heterocycles. The number of hydrogen-bond acceptors (Lipinski definition) is 7. The molecule has 2 fully saturated rings. The Bertz CT molecular complexity index is 1230. The zero-order valence-electron chi connectivity index (χ0n) is 16.5. The molecule has 1 saturated heterocycles. The Balaban J connectivity index is 1.53. The first-order valence-electron chi connectivity index (χ1n) is 9.84. The Morgan fingerprint density at radius 3 is 2.81 bits per heavy atom. The van der Waals surface area contributed by atoms with Crippen molar-refractivity contribution in [3.63, 3.8) is 0 Å². The summed E-state index contributed by atoms with van der Waals surface area (Å²) < 4.78 is 1.59. The molecule has 3 amide bonds. The van der Waals surface area contributed by atoms with Gasteiger partial charge in [-0.2, -0.15) is 19.6 Å². The van der Waals surface area contributed by atoms with Crippen LogP contribution in [-0.2, 0) is 4.79 Å². The molecule has 4 N–H and O–H groups in total. The number of nitrogens with one attached hydrogen (secondary N) is 4. The second-order valence-corrected chi connectivity index (χ2v) is 7.95. The fourth-order valence-electron chi connectivity index (χ4n) is 3.26. The first-order valence-corrected chi connectivity index (χ1v) is 10.2. The van der Waals surface area contributed by atoms with Crippen molar-refractivity contribution in [3.8, 4) is 0 Å². The van der Waals surface area contributed by atoms with Crippen LogP contribution in [-0.4, -0.2) is 37.6 Å². The third-order valence-corrected chi connectivity index (χ3v) is 5.26. The summed E-state index contributed by atoms with van der Waals surface area (Å²) in [6.45, 7) is 1.99. The maximum Gasteiger partial charge on any atom is 0.326 e. The summed E-state index contributed by atoms with van der Waals surface area (Å²) in [6.07, 6.45) is 5.26. The molecule has 0 spiro atoms. The molecule has 158 valence electrons. The lowest BCUT2D eigenvalue weighted by Crippen LogP contribution is -2.22. The van der Waals surface area contributed by atoms with E-state index in [1.165, 1.54) is 0 Å². The van der Waals surface area contributed by atoms with E-state index in [4.69, 9.17) is 11.6 Å². The van der Waals surface area contributed by atoms with Crippen molar-refractivity contribution in [2.75, 3.05) is 10.6 Å². The quantitative estimate of drug-likeness (QED) is 0.344. The van der Waals surface area contributed by atoms with Gasteiger partial charge in [-0.25, -0.2) is 4.79 Å². The normalized spacial score (nSPS) is 18.2. The lowest BCUT2D eigenvalue weighted by Gasteiger charge is -2.16. The summed E-state index contributed by atoms with van der Waals surface area (Å²) >= 11 is 6.12. The number of urea groups is 1. The van der Waals surface area contributed by atoms with Gasteiger partial charge >= 0.3 is 6.03 Å². The minimum atomic E-state index is -0.559. The number of imide groups is 1. The first kappa shape index (κ1) is 19.3. The Morgan fingerprint density at radius 2 is 2.10 bits per heavy atom. The van der Waals surface area contributed by atoms with Crippen LogP contribution < -0.4 is 21.3 Å². The Hall–Kier alpha value is -3.66. The maximum atomic E-state index is 11.9. The largest absolute Gasteiger partial charge is 0.351 e. The molecule has 1 saturated carbocycles. The van der Waals surface area contributed by atoms with Crippen LogP contribution in [0.25, 0.3) is 11.7 Å². The molecule has 11 heteroatoms. The molecule has 31 heavy (non-hydrogen) atoms. The topological polar surface area (TPSA) is 125 Å². The molecule has 1 atom stereocenters. The molecule has 5 rings (SSSR count). The van der Waals surface area contributed by atoms with Crippen molar-refractivity contribution in [2.24, 2.45) is 0 Å². The number of benzene rings is 1. The molecule has 3 heterocycles. The van der Waals surface area contributed by atoms with Crippen LogP contribution in [0.3, 0.4) is 0 Å². The second-order valence-electron chi connectivity index (χ2n) is 7.51. The van der Waals surface area contributed by atoms with Crippen LogP contribution in [0, 0.1) is 0 Å². The van der Waals surface area contributed by atoms with Gasteiger partial charge in [0.2, 0.25) is 11.9 Å². The Kier molecular flexibility index (Phi) is 4.70. The van der Waals surface area contributed by atoms with Gasteiger partial charge in [-0.1, -0.05) is 23.7 Å². The van der Waals surface area contributed by atoms with Crippen LogP contribution in [0.4, 0.5) is 16.7 Å². The first-order chi connectivity index (χ1) is 15.0. The minimum absolute atomic E-state index is 0.0976. The van der Waals surface area contributed by atoms with Crippen LogP contribution in [0.5, 0.6) is 0 Å². The molecular formula is C20H19ClN8O2. The van der Waals surface area contributed by atoms with Gasteiger partial charge in [0.05, 0.1) is 12.2 Å². The van der Waals surface area contributed by atoms with Crippen molar-refractivity contribution >= 4 is 47.2 Å². The number of rotatable bonds is 6. The average molecular weight is 439 g/mol. The van der Waals surface area contributed by atoms with Crippen LogP contribution >= 0.6 is 11.6 Å². The van der Waals surface area contributed by atoms with Gasteiger partial charge in [-0.05, 0) is 43.5 Å². The second kappa shape index (κ2) is 7.55. The van der Waals surface area contributed by atoms with E-state index in [-0.39, 0.29) is 11.7 Å². The molecule has 1 aromatic carbocycles. The molecule has 1 aliphatic heterocycles. The van der Waals surface area contributed by atoms with Gasteiger partial charge in [-0.15, -0.1) is 0 Å². The van der Waals surface area contributed by atoms with Crippen molar-refractivity contribution < 1.29 is 9.59 Å². The smallest absolute Gasteiger partial charge is 0.326 e. The van der Waals surface area contributed by atoms with E-state index in [1.54, 1.807) is 16.8 Å². The van der Waals surface area contributed by atoms with Gasteiger partial charge in [0.1, 0.15) is 5.70 Å². The van der Waals surface area contributed by atoms with Gasteiger partial charge < -0.3 is 16.0 Å². The predicted octanol–water partition coefficient (Wildman–Crippen LogP) is 2.71. The zero-order valence-corrected chi connectivity index (χ0v) is 17.3. The molecule has 1 aliphatic carbocycles. The highest BCUT2D eigenvalue weighted by Crippen LogP contribution is 2.27. The van der Waals surface area contributed by atoms with Crippen molar-refractivity contribution in [3.05, 3.63) is 52.3 Å². The fraction of sp³-hybridized carbons (Fsp3) is 0.250. The maximum absolute atomic E-state index is 11.9. The minimum Gasteiger partial charge on any atom is -0.351 e. The van der Waals surface area contributed by atoms with Gasteiger partial charge in [0, 0.05) is 16.6 Å².